The van der Waals surface area contributed by atoms with Crippen LogP contribution in [-0.4, -0.2) is 39.4 Å². The molecule has 1 aliphatic heterocycles. The summed E-state index contributed by atoms with van der Waals surface area (Å²) in [6, 6.07) is 14.6. The molecule has 2 aromatic carbocycles. The fraction of sp³-hybridized carbons (Fsp3) is 0.154. The Balaban J connectivity index is 1.77. The Labute approximate surface area is 203 Å². The van der Waals surface area contributed by atoms with Crippen LogP contribution in [0.5, 0.6) is 0 Å². The number of aromatic carboxylic acids is 1. The third kappa shape index (κ3) is 4.04. The number of hydrogen-bond acceptors (Lipinski definition) is 2. The van der Waals surface area contributed by atoms with E-state index in [1.165, 1.54) is 30.5 Å². The SMILES string of the molecule is O=C(O)c1ccc(-c2cc(-c3c(Cl)cccc3C(F)(F)F)n3cc(C(=O)N4CCC4)ccc23)cc1. The summed E-state index contributed by atoms with van der Waals surface area (Å²) in [6.45, 7) is 1.28. The molecule has 9 heteroatoms. The molecule has 1 saturated heterocycles. The molecule has 5 nitrogen and oxygen atoms in total. The molecule has 0 aliphatic carbocycles. The fourth-order valence-electron chi connectivity index (χ4n) is 4.27. The molecule has 3 heterocycles. The highest BCUT2D eigenvalue weighted by atomic mass is 35.5. The standard InChI is InChI=1S/C26H18ClF3N2O3/c27-20-4-1-3-19(26(28,29)30)23(20)22-13-18(15-5-7-16(8-6-15)25(34)35)21-10-9-17(14-32(21)22)24(33)31-11-2-12-31/h1,3-10,13-14H,2,11-12H2,(H,34,35). The summed E-state index contributed by atoms with van der Waals surface area (Å²) < 4.78 is 43.4. The first-order valence-electron chi connectivity index (χ1n) is 10.8. The number of carboxylic acids is 1. The molecular formula is C26H18ClF3N2O3. The quantitative estimate of drug-likeness (QED) is 0.350. The molecule has 1 N–H and O–H groups in total. The van der Waals surface area contributed by atoms with Gasteiger partial charge in [0.15, 0.2) is 0 Å². The highest BCUT2D eigenvalue weighted by molar-refractivity contribution is 6.33. The van der Waals surface area contributed by atoms with E-state index in [4.69, 9.17) is 11.6 Å². The minimum atomic E-state index is -4.65. The van der Waals surface area contributed by atoms with Gasteiger partial charge in [-0.15, -0.1) is 0 Å². The summed E-state index contributed by atoms with van der Waals surface area (Å²) in [5, 5.41) is 9.12. The van der Waals surface area contributed by atoms with Crippen LogP contribution in [0, 0.1) is 0 Å². The van der Waals surface area contributed by atoms with E-state index in [-0.39, 0.29) is 27.8 Å². The number of pyridine rings is 1. The number of rotatable bonds is 4. The maximum atomic E-state index is 13.9. The summed E-state index contributed by atoms with van der Waals surface area (Å²) in [6.07, 6.45) is -2.21. The van der Waals surface area contributed by atoms with E-state index >= 15 is 0 Å². The Morgan fingerprint density at radius 3 is 2.23 bits per heavy atom. The largest absolute Gasteiger partial charge is 0.478 e. The number of hydrogen-bond donors (Lipinski definition) is 1. The zero-order valence-corrected chi connectivity index (χ0v) is 18.9. The monoisotopic (exact) mass is 498 g/mol. The number of benzene rings is 2. The Hall–Kier alpha value is -3.78. The lowest BCUT2D eigenvalue weighted by Crippen LogP contribution is -2.42. The second-order valence-corrected chi connectivity index (χ2v) is 8.71. The Morgan fingerprint density at radius 2 is 1.63 bits per heavy atom. The van der Waals surface area contributed by atoms with Crippen molar-refractivity contribution in [1.82, 2.24) is 9.30 Å². The second kappa shape index (κ2) is 8.46. The predicted octanol–water partition coefficient (Wildman–Crippen LogP) is 6.49. The number of amides is 1. The first kappa shape index (κ1) is 23.0. The highest BCUT2D eigenvalue weighted by Gasteiger charge is 2.35. The van der Waals surface area contributed by atoms with E-state index < -0.39 is 17.7 Å². The van der Waals surface area contributed by atoms with Crippen molar-refractivity contribution in [3.8, 4) is 22.4 Å². The van der Waals surface area contributed by atoms with Gasteiger partial charge in [0.05, 0.1) is 32.9 Å². The lowest BCUT2D eigenvalue weighted by molar-refractivity contribution is -0.137. The summed E-state index contributed by atoms with van der Waals surface area (Å²) in [5.74, 6) is -1.28. The van der Waals surface area contributed by atoms with E-state index in [0.717, 1.165) is 12.5 Å². The maximum Gasteiger partial charge on any atom is 0.417 e. The minimum Gasteiger partial charge on any atom is -0.478 e. The Kier molecular flexibility index (Phi) is 5.56. The first-order chi connectivity index (χ1) is 16.6. The van der Waals surface area contributed by atoms with Crippen LogP contribution in [0.2, 0.25) is 5.02 Å². The molecule has 1 aliphatic rings. The lowest BCUT2D eigenvalue weighted by atomic mass is 10.0. The van der Waals surface area contributed by atoms with Crippen LogP contribution in [0.1, 0.15) is 32.7 Å². The molecule has 1 amide bonds. The number of nitrogens with zero attached hydrogens (tertiary/aromatic N) is 2. The topological polar surface area (TPSA) is 62.0 Å². The van der Waals surface area contributed by atoms with Gasteiger partial charge in [-0.1, -0.05) is 29.8 Å². The summed E-state index contributed by atoms with van der Waals surface area (Å²) in [5.41, 5.74) is 1.27. The summed E-state index contributed by atoms with van der Waals surface area (Å²) >= 11 is 6.31. The van der Waals surface area contributed by atoms with Crippen LogP contribution >= 0.6 is 11.6 Å². The van der Waals surface area contributed by atoms with Crippen molar-refractivity contribution in [1.29, 1.82) is 0 Å². The van der Waals surface area contributed by atoms with Gasteiger partial charge in [0.25, 0.3) is 5.91 Å². The molecule has 35 heavy (non-hydrogen) atoms. The normalized spacial score (nSPS) is 13.7. The number of carbonyl (C=O) groups is 2. The van der Waals surface area contributed by atoms with Gasteiger partial charge in [-0.05, 0) is 54.4 Å². The van der Waals surface area contributed by atoms with E-state index in [9.17, 15) is 27.9 Å². The number of halogens is 4. The Bertz CT molecular complexity index is 1470. The number of fused-ring (bicyclic) bond motifs is 1. The van der Waals surface area contributed by atoms with Crippen LogP contribution in [0.4, 0.5) is 13.2 Å². The molecule has 0 bridgehead atoms. The van der Waals surface area contributed by atoms with Gasteiger partial charge in [0.2, 0.25) is 0 Å². The molecule has 2 aromatic heterocycles. The average molecular weight is 499 g/mol. The molecule has 5 rings (SSSR count). The highest BCUT2D eigenvalue weighted by Crippen LogP contribution is 2.43. The van der Waals surface area contributed by atoms with Crippen molar-refractivity contribution in [3.05, 3.63) is 88.6 Å². The summed E-state index contributed by atoms with van der Waals surface area (Å²) in [4.78, 5) is 25.8. The van der Waals surface area contributed by atoms with Crippen LogP contribution in [-0.2, 0) is 6.18 Å². The lowest BCUT2D eigenvalue weighted by Gasteiger charge is -2.30. The predicted molar refractivity (Wildman–Crippen MR) is 126 cm³/mol. The van der Waals surface area contributed by atoms with Gasteiger partial charge in [0, 0.05) is 30.4 Å². The molecule has 1 fully saturated rings. The maximum absolute atomic E-state index is 13.9. The second-order valence-electron chi connectivity index (χ2n) is 8.30. The zero-order chi connectivity index (χ0) is 24.9. The van der Waals surface area contributed by atoms with Gasteiger partial charge >= 0.3 is 12.1 Å². The van der Waals surface area contributed by atoms with Crippen molar-refractivity contribution in [2.45, 2.75) is 12.6 Å². The van der Waals surface area contributed by atoms with Gasteiger partial charge in [-0.2, -0.15) is 13.2 Å². The minimum absolute atomic E-state index is 0.0773. The molecule has 0 atom stereocenters. The van der Waals surface area contributed by atoms with Crippen LogP contribution in [0.25, 0.3) is 27.9 Å². The molecular weight excluding hydrogens is 481 g/mol. The molecule has 0 unspecified atom stereocenters. The van der Waals surface area contributed by atoms with Gasteiger partial charge < -0.3 is 14.4 Å². The number of carboxylic acid groups (broad SMARTS) is 1. The van der Waals surface area contributed by atoms with E-state index in [2.05, 4.69) is 0 Å². The van der Waals surface area contributed by atoms with Crippen molar-refractivity contribution >= 4 is 29.0 Å². The van der Waals surface area contributed by atoms with Crippen molar-refractivity contribution in [3.63, 3.8) is 0 Å². The fourth-order valence-corrected chi connectivity index (χ4v) is 4.54. The summed E-state index contributed by atoms with van der Waals surface area (Å²) in [7, 11) is 0. The number of likely N-dealkylation sites (tertiary alicyclic amines) is 1. The van der Waals surface area contributed by atoms with Crippen molar-refractivity contribution in [2.75, 3.05) is 13.1 Å². The molecule has 4 aromatic rings. The van der Waals surface area contributed by atoms with Crippen LogP contribution in [0.15, 0.2) is 66.9 Å². The number of aromatic nitrogens is 1. The Morgan fingerprint density at radius 1 is 0.943 bits per heavy atom. The van der Waals surface area contributed by atoms with Gasteiger partial charge in [-0.25, -0.2) is 4.79 Å². The molecule has 0 saturated carbocycles. The van der Waals surface area contributed by atoms with Gasteiger partial charge in [0.1, 0.15) is 0 Å². The zero-order valence-electron chi connectivity index (χ0n) is 18.1. The first-order valence-corrected chi connectivity index (χ1v) is 11.2. The molecule has 178 valence electrons. The van der Waals surface area contributed by atoms with Crippen molar-refractivity contribution in [2.24, 2.45) is 0 Å². The van der Waals surface area contributed by atoms with E-state index in [0.29, 0.717) is 35.3 Å². The molecule has 0 spiro atoms. The van der Waals surface area contributed by atoms with Crippen LogP contribution < -0.4 is 0 Å². The van der Waals surface area contributed by atoms with Gasteiger partial charge in [-0.3, -0.25) is 4.79 Å². The van der Waals surface area contributed by atoms with E-state index in [1.54, 1.807) is 39.6 Å². The van der Waals surface area contributed by atoms with Crippen molar-refractivity contribution < 1.29 is 27.9 Å². The van der Waals surface area contributed by atoms with E-state index in [1.807, 2.05) is 0 Å². The smallest absolute Gasteiger partial charge is 0.417 e. The molecule has 0 radical (unpaired) electrons. The number of carbonyl (C=O) groups excluding carboxylic acids is 1. The van der Waals surface area contributed by atoms with Crippen LogP contribution in [0.3, 0.4) is 0 Å². The third-order valence-corrected chi connectivity index (χ3v) is 6.49. The average Bonchev–Trinajstić information content (AvgIpc) is 3.15. The third-order valence-electron chi connectivity index (χ3n) is 6.17. The number of alkyl halides is 3.